The number of phenolic OH excluding ortho intramolecular Hbond substituents is 1. The van der Waals surface area contributed by atoms with Gasteiger partial charge in [0.2, 0.25) is 0 Å². The third kappa shape index (κ3) is 3.32. The van der Waals surface area contributed by atoms with Gasteiger partial charge in [0.25, 0.3) is 0 Å². The first-order valence-corrected chi connectivity index (χ1v) is 6.53. The number of hydrogen-bond acceptors (Lipinski definition) is 2. The second kappa shape index (κ2) is 5.85. The van der Waals surface area contributed by atoms with Crippen LogP contribution >= 0.6 is 23.2 Å². The standard InChI is InChI=1S/C14H11Cl2F2NO/c1-7(8-2-9(17)4-10(18)3-8)19-11-5-12(15)14(20)13(16)6-11/h2-7,19-20H,1H3. The van der Waals surface area contributed by atoms with E-state index in [9.17, 15) is 13.9 Å². The largest absolute Gasteiger partial charge is 0.505 e. The molecule has 0 heterocycles. The summed E-state index contributed by atoms with van der Waals surface area (Å²) in [4.78, 5) is 0. The molecule has 0 spiro atoms. The van der Waals surface area contributed by atoms with Gasteiger partial charge in [0.1, 0.15) is 11.6 Å². The third-order valence-corrected chi connectivity index (χ3v) is 3.36. The molecule has 0 aliphatic heterocycles. The number of benzene rings is 2. The van der Waals surface area contributed by atoms with Gasteiger partial charge in [-0.3, -0.25) is 0 Å². The lowest BCUT2D eigenvalue weighted by molar-refractivity contribution is 0.476. The van der Waals surface area contributed by atoms with Crippen molar-refractivity contribution in [3.05, 3.63) is 57.6 Å². The van der Waals surface area contributed by atoms with Crippen LogP contribution in [0.25, 0.3) is 0 Å². The SMILES string of the molecule is CC(Nc1cc(Cl)c(O)c(Cl)c1)c1cc(F)cc(F)c1. The molecule has 20 heavy (non-hydrogen) atoms. The lowest BCUT2D eigenvalue weighted by Crippen LogP contribution is -2.07. The molecule has 0 aliphatic rings. The second-order valence-electron chi connectivity index (χ2n) is 4.36. The van der Waals surface area contributed by atoms with Crippen molar-refractivity contribution < 1.29 is 13.9 Å². The highest BCUT2D eigenvalue weighted by molar-refractivity contribution is 6.37. The molecule has 0 aromatic heterocycles. The average molecular weight is 318 g/mol. The monoisotopic (exact) mass is 317 g/mol. The molecule has 6 heteroatoms. The number of halogens is 4. The van der Waals surface area contributed by atoms with E-state index < -0.39 is 11.6 Å². The van der Waals surface area contributed by atoms with Gasteiger partial charge in [0.15, 0.2) is 5.75 Å². The molecule has 1 atom stereocenters. The molecule has 0 aliphatic carbocycles. The Morgan fingerprint density at radius 2 is 1.50 bits per heavy atom. The van der Waals surface area contributed by atoms with Gasteiger partial charge in [-0.1, -0.05) is 23.2 Å². The van der Waals surface area contributed by atoms with E-state index in [0.29, 0.717) is 11.3 Å². The highest BCUT2D eigenvalue weighted by atomic mass is 35.5. The topological polar surface area (TPSA) is 32.3 Å². The molecule has 2 aromatic carbocycles. The van der Waals surface area contributed by atoms with Crippen molar-refractivity contribution in [2.24, 2.45) is 0 Å². The summed E-state index contributed by atoms with van der Waals surface area (Å²) in [5.41, 5.74) is 0.984. The van der Waals surface area contributed by atoms with Crippen LogP contribution in [0.3, 0.4) is 0 Å². The minimum atomic E-state index is -0.643. The summed E-state index contributed by atoms with van der Waals surface area (Å²) in [7, 11) is 0. The van der Waals surface area contributed by atoms with Crippen molar-refractivity contribution in [2.45, 2.75) is 13.0 Å². The number of nitrogens with one attached hydrogen (secondary N) is 1. The highest BCUT2D eigenvalue weighted by Crippen LogP contribution is 2.35. The summed E-state index contributed by atoms with van der Waals surface area (Å²) in [5, 5.41) is 12.7. The Morgan fingerprint density at radius 3 is 2.00 bits per heavy atom. The molecule has 0 bridgehead atoms. The summed E-state index contributed by atoms with van der Waals surface area (Å²) in [6.07, 6.45) is 0. The Hall–Kier alpha value is -1.52. The van der Waals surface area contributed by atoms with Crippen molar-refractivity contribution in [3.63, 3.8) is 0 Å². The molecule has 2 N–H and O–H groups in total. The van der Waals surface area contributed by atoms with Gasteiger partial charge >= 0.3 is 0 Å². The molecule has 0 fully saturated rings. The maximum Gasteiger partial charge on any atom is 0.152 e. The van der Waals surface area contributed by atoms with Gasteiger partial charge in [0.05, 0.1) is 10.0 Å². The number of rotatable bonds is 3. The van der Waals surface area contributed by atoms with E-state index in [1.807, 2.05) is 0 Å². The first kappa shape index (κ1) is 14.9. The molecular weight excluding hydrogens is 307 g/mol. The summed E-state index contributed by atoms with van der Waals surface area (Å²) in [6, 6.07) is 5.89. The Kier molecular flexibility index (Phi) is 4.35. The Morgan fingerprint density at radius 1 is 1.00 bits per heavy atom. The molecule has 0 saturated heterocycles. The van der Waals surface area contributed by atoms with Crippen LogP contribution < -0.4 is 5.32 Å². The highest BCUT2D eigenvalue weighted by Gasteiger charge is 2.11. The Bertz CT molecular complexity index is 606. The minimum Gasteiger partial charge on any atom is -0.505 e. The number of anilines is 1. The molecule has 2 rings (SSSR count). The Labute approximate surface area is 125 Å². The van der Waals surface area contributed by atoms with Crippen LogP contribution in [0.2, 0.25) is 10.0 Å². The minimum absolute atomic E-state index is 0.0950. The summed E-state index contributed by atoms with van der Waals surface area (Å²) in [5.74, 6) is -1.49. The summed E-state index contributed by atoms with van der Waals surface area (Å²) < 4.78 is 26.3. The van der Waals surface area contributed by atoms with Crippen molar-refractivity contribution in [1.82, 2.24) is 0 Å². The van der Waals surface area contributed by atoms with Crippen molar-refractivity contribution in [3.8, 4) is 5.75 Å². The van der Waals surface area contributed by atoms with Crippen LogP contribution in [0.4, 0.5) is 14.5 Å². The Balaban J connectivity index is 2.25. The van der Waals surface area contributed by atoms with Gasteiger partial charge in [-0.05, 0) is 36.8 Å². The summed E-state index contributed by atoms with van der Waals surface area (Å²) in [6.45, 7) is 1.74. The summed E-state index contributed by atoms with van der Waals surface area (Å²) >= 11 is 11.6. The van der Waals surface area contributed by atoms with Crippen molar-refractivity contribution in [2.75, 3.05) is 5.32 Å². The normalized spacial score (nSPS) is 12.2. The van der Waals surface area contributed by atoms with Crippen LogP contribution in [-0.2, 0) is 0 Å². The van der Waals surface area contributed by atoms with E-state index in [2.05, 4.69) is 5.32 Å². The van der Waals surface area contributed by atoms with Crippen LogP contribution in [0.5, 0.6) is 5.75 Å². The van der Waals surface area contributed by atoms with Gasteiger partial charge in [-0.15, -0.1) is 0 Å². The van der Waals surface area contributed by atoms with Gasteiger partial charge < -0.3 is 10.4 Å². The molecule has 1 unspecified atom stereocenters. The fourth-order valence-corrected chi connectivity index (χ4v) is 2.29. The lowest BCUT2D eigenvalue weighted by atomic mass is 10.1. The molecule has 2 nitrogen and oxygen atoms in total. The van der Waals surface area contributed by atoms with Crippen LogP contribution in [0, 0.1) is 11.6 Å². The maximum absolute atomic E-state index is 13.2. The zero-order chi connectivity index (χ0) is 14.9. The number of phenols is 1. The van der Waals surface area contributed by atoms with Gasteiger partial charge in [-0.25, -0.2) is 8.78 Å². The van der Waals surface area contributed by atoms with E-state index >= 15 is 0 Å². The van der Waals surface area contributed by atoms with Gasteiger partial charge in [-0.2, -0.15) is 0 Å². The van der Waals surface area contributed by atoms with E-state index in [-0.39, 0.29) is 21.8 Å². The second-order valence-corrected chi connectivity index (χ2v) is 5.17. The van der Waals surface area contributed by atoms with E-state index in [0.717, 1.165) is 6.07 Å². The van der Waals surface area contributed by atoms with Crippen molar-refractivity contribution >= 4 is 28.9 Å². The molecule has 0 amide bonds. The predicted molar refractivity (Wildman–Crippen MR) is 76.5 cm³/mol. The maximum atomic E-state index is 13.2. The van der Waals surface area contributed by atoms with E-state index in [4.69, 9.17) is 23.2 Å². The van der Waals surface area contributed by atoms with E-state index in [1.54, 1.807) is 6.92 Å². The zero-order valence-electron chi connectivity index (χ0n) is 10.4. The van der Waals surface area contributed by atoms with E-state index in [1.165, 1.54) is 24.3 Å². The first-order chi connectivity index (χ1) is 9.36. The smallest absolute Gasteiger partial charge is 0.152 e. The fraction of sp³-hybridized carbons (Fsp3) is 0.143. The molecule has 0 saturated carbocycles. The van der Waals surface area contributed by atoms with Crippen molar-refractivity contribution in [1.29, 1.82) is 0 Å². The van der Waals surface area contributed by atoms with Crippen LogP contribution in [-0.4, -0.2) is 5.11 Å². The van der Waals surface area contributed by atoms with Gasteiger partial charge in [0, 0.05) is 17.8 Å². The first-order valence-electron chi connectivity index (χ1n) is 5.77. The molecule has 2 aromatic rings. The zero-order valence-corrected chi connectivity index (χ0v) is 11.9. The predicted octanol–water partition coefficient (Wildman–Crippen LogP) is 5.15. The molecule has 0 radical (unpaired) electrons. The fourth-order valence-electron chi connectivity index (χ4n) is 1.81. The lowest BCUT2D eigenvalue weighted by Gasteiger charge is -2.17. The number of hydrogen-bond donors (Lipinski definition) is 2. The van der Waals surface area contributed by atoms with Crippen LogP contribution in [0.15, 0.2) is 30.3 Å². The van der Waals surface area contributed by atoms with Crippen LogP contribution in [0.1, 0.15) is 18.5 Å². The number of aromatic hydroxyl groups is 1. The molecule has 106 valence electrons. The third-order valence-electron chi connectivity index (χ3n) is 2.78. The molecular formula is C14H11Cl2F2NO. The quantitative estimate of drug-likeness (QED) is 0.767. The average Bonchev–Trinajstić information content (AvgIpc) is 2.34.